The van der Waals surface area contributed by atoms with Crippen LogP contribution < -0.4 is 20.4 Å². The van der Waals surface area contributed by atoms with Crippen LogP contribution in [0.2, 0.25) is 0 Å². The standard InChI is InChI=1S/C29H47N5/c1-8-9-10-19-29(6,7)34-21-32(27-15-11-25(12-16-27)30-23(2)3)20-33(22-34)28-17-13-26(14-18-28)31-24(4)5/h11-18,23-24,30-31H,8-10,19-22H2,1-7H3. The molecule has 0 spiro atoms. The van der Waals surface area contributed by atoms with Crippen LogP contribution >= 0.6 is 0 Å². The summed E-state index contributed by atoms with van der Waals surface area (Å²) < 4.78 is 0. The van der Waals surface area contributed by atoms with Crippen LogP contribution in [0, 0.1) is 0 Å². The lowest BCUT2D eigenvalue weighted by Crippen LogP contribution is -2.61. The second-order valence-electron chi connectivity index (χ2n) is 11.0. The summed E-state index contributed by atoms with van der Waals surface area (Å²) in [7, 11) is 0. The van der Waals surface area contributed by atoms with Gasteiger partial charge in [0.25, 0.3) is 0 Å². The maximum absolute atomic E-state index is 3.50. The van der Waals surface area contributed by atoms with Crippen LogP contribution in [0.4, 0.5) is 22.7 Å². The van der Waals surface area contributed by atoms with Gasteiger partial charge in [0.1, 0.15) is 0 Å². The highest BCUT2D eigenvalue weighted by Crippen LogP contribution is 2.31. The van der Waals surface area contributed by atoms with Gasteiger partial charge in [0.15, 0.2) is 0 Å². The molecule has 0 saturated carbocycles. The van der Waals surface area contributed by atoms with E-state index in [1.165, 1.54) is 48.4 Å². The van der Waals surface area contributed by atoms with Crippen LogP contribution in [0.5, 0.6) is 0 Å². The Kier molecular flexibility index (Phi) is 9.12. The lowest BCUT2D eigenvalue weighted by atomic mass is 9.94. The molecule has 0 amide bonds. The molecule has 3 rings (SSSR count). The Bertz CT molecular complexity index is 796. The van der Waals surface area contributed by atoms with Crippen molar-refractivity contribution in [2.75, 3.05) is 40.4 Å². The molecule has 5 heteroatoms. The third-order valence-electron chi connectivity index (χ3n) is 6.65. The van der Waals surface area contributed by atoms with Gasteiger partial charge in [-0.3, -0.25) is 4.90 Å². The van der Waals surface area contributed by atoms with Crippen LogP contribution in [0.3, 0.4) is 0 Å². The van der Waals surface area contributed by atoms with Crippen molar-refractivity contribution >= 4 is 22.7 Å². The first-order valence-electron chi connectivity index (χ1n) is 13.2. The monoisotopic (exact) mass is 465 g/mol. The number of nitrogens with one attached hydrogen (secondary N) is 2. The molecule has 2 aromatic carbocycles. The second-order valence-corrected chi connectivity index (χ2v) is 11.0. The molecule has 1 saturated heterocycles. The zero-order valence-electron chi connectivity index (χ0n) is 22.6. The zero-order chi connectivity index (χ0) is 24.7. The normalized spacial score (nSPS) is 15.3. The summed E-state index contributed by atoms with van der Waals surface area (Å²) in [6.07, 6.45) is 5.07. The average molecular weight is 466 g/mol. The summed E-state index contributed by atoms with van der Waals surface area (Å²) in [6.45, 7) is 18.6. The second kappa shape index (κ2) is 11.8. The fourth-order valence-corrected chi connectivity index (χ4v) is 4.63. The summed E-state index contributed by atoms with van der Waals surface area (Å²) in [5.74, 6) is 0. The van der Waals surface area contributed by atoms with Crippen molar-refractivity contribution in [2.24, 2.45) is 0 Å². The van der Waals surface area contributed by atoms with Crippen molar-refractivity contribution < 1.29 is 0 Å². The predicted octanol–water partition coefficient (Wildman–Crippen LogP) is 7.19. The molecule has 0 radical (unpaired) electrons. The lowest BCUT2D eigenvalue weighted by Gasteiger charge is -2.50. The summed E-state index contributed by atoms with van der Waals surface area (Å²) in [5.41, 5.74) is 5.04. The van der Waals surface area contributed by atoms with Crippen molar-refractivity contribution in [3.05, 3.63) is 48.5 Å². The molecule has 34 heavy (non-hydrogen) atoms. The highest BCUT2D eigenvalue weighted by molar-refractivity contribution is 5.59. The minimum absolute atomic E-state index is 0.143. The Labute approximate surface area is 208 Å². The van der Waals surface area contributed by atoms with E-state index in [0.29, 0.717) is 12.1 Å². The van der Waals surface area contributed by atoms with Gasteiger partial charge in [0.2, 0.25) is 0 Å². The lowest BCUT2D eigenvalue weighted by molar-refractivity contribution is 0.0928. The first-order valence-corrected chi connectivity index (χ1v) is 13.2. The van der Waals surface area contributed by atoms with Gasteiger partial charge >= 0.3 is 0 Å². The van der Waals surface area contributed by atoms with E-state index in [0.717, 1.165) is 20.0 Å². The van der Waals surface area contributed by atoms with E-state index in [1.807, 2.05) is 0 Å². The Hall–Kier alpha value is -2.40. The third-order valence-corrected chi connectivity index (χ3v) is 6.65. The average Bonchev–Trinajstić information content (AvgIpc) is 2.79. The molecule has 1 aliphatic rings. The van der Waals surface area contributed by atoms with Crippen molar-refractivity contribution in [3.63, 3.8) is 0 Å². The SMILES string of the molecule is CCCCCC(C)(C)N1CN(c2ccc(NC(C)C)cc2)CN(c2ccc(NC(C)C)cc2)C1. The minimum atomic E-state index is 0.143. The van der Waals surface area contributed by atoms with Crippen LogP contribution in [-0.4, -0.2) is 42.5 Å². The fourth-order valence-electron chi connectivity index (χ4n) is 4.63. The van der Waals surface area contributed by atoms with Crippen LogP contribution in [0.25, 0.3) is 0 Å². The molecule has 0 aliphatic carbocycles. The largest absolute Gasteiger partial charge is 0.383 e. The van der Waals surface area contributed by atoms with Gasteiger partial charge in [0.05, 0.1) is 20.0 Å². The van der Waals surface area contributed by atoms with Gasteiger partial charge in [-0.25, -0.2) is 0 Å². The van der Waals surface area contributed by atoms with Gasteiger partial charge in [-0.1, -0.05) is 26.2 Å². The number of hydrogen-bond donors (Lipinski definition) is 2. The Morgan fingerprint density at radius 2 is 1.15 bits per heavy atom. The molecule has 1 heterocycles. The number of rotatable bonds is 11. The highest BCUT2D eigenvalue weighted by atomic mass is 15.5. The Morgan fingerprint density at radius 1 is 0.706 bits per heavy atom. The van der Waals surface area contributed by atoms with Gasteiger partial charge in [-0.2, -0.15) is 0 Å². The summed E-state index contributed by atoms with van der Waals surface area (Å²) in [6, 6.07) is 18.7. The van der Waals surface area contributed by atoms with Gasteiger partial charge < -0.3 is 20.4 Å². The van der Waals surface area contributed by atoms with E-state index in [4.69, 9.17) is 0 Å². The Balaban J connectivity index is 1.82. The van der Waals surface area contributed by atoms with Gasteiger partial charge in [0, 0.05) is 40.4 Å². The number of anilines is 4. The summed E-state index contributed by atoms with van der Waals surface area (Å²) >= 11 is 0. The van der Waals surface area contributed by atoms with E-state index in [9.17, 15) is 0 Å². The molecule has 188 valence electrons. The number of unbranched alkanes of at least 4 members (excludes halogenated alkanes) is 2. The minimum Gasteiger partial charge on any atom is -0.383 e. The molecule has 0 aromatic heterocycles. The molecule has 0 unspecified atom stereocenters. The fraction of sp³-hybridized carbons (Fsp3) is 0.586. The van der Waals surface area contributed by atoms with E-state index in [2.05, 4.69) is 122 Å². The molecule has 1 fully saturated rings. The zero-order valence-corrected chi connectivity index (χ0v) is 22.6. The number of benzene rings is 2. The molecule has 5 nitrogen and oxygen atoms in total. The maximum Gasteiger partial charge on any atom is 0.0928 e. The van der Waals surface area contributed by atoms with Crippen molar-refractivity contribution in [3.8, 4) is 0 Å². The Morgan fingerprint density at radius 3 is 1.53 bits per heavy atom. The van der Waals surface area contributed by atoms with Crippen LogP contribution in [0.1, 0.15) is 74.1 Å². The maximum atomic E-state index is 3.50. The smallest absolute Gasteiger partial charge is 0.0928 e. The first-order chi connectivity index (χ1) is 16.2. The van der Waals surface area contributed by atoms with E-state index < -0.39 is 0 Å². The van der Waals surface area contributed by atoms with Crippen molar-refractivity contribution in [2.45, 2.75) is 91.8 Å². The third kappa shape index (κ3) is 7.30. The summed E-state index contributed by atoms with van der Waals surface area (Å²) in [5, 5.41) is 7.01. The molecule has 0 bridgehead atoms. The molecule has 2 aromatic rings. The van der Waals surface area contributed by atoms with Crippen LogP contribution in [0.15, 0.2) is 48.5 Å². The highest BCUT2D eigenvalue weighted by Gasteiger charge is 2.33. The molecular formula is C29H47N5. The van der Waals surface area contributed by atoms with E-state index in [-0.39, 0.29) is 5.54 Å². The topological polar surface area (TPSA) is 33.8 Å². The predicted molar refractivity (Wildman–Crippen MR) is 150 cm³/mol. The first kappa shape index (κ1) is 26.2. The molecule has 2 N–H and O–H groups in total. The number of nitrogens with zero attached hydrogens (tertiary/aromatic N) is 3. The van der Waals surface area contributed by atoms with Gasteiger partial charge in [-0.05, 0) is 96.5 Å². The van der Waals surface area contributed by atoms with E-state index >= 15 is 0 Å². The van der Waals surface area contributed by atoms with Crippen LogP contribution in [-0.2, 0) is 0 Å². The van der Waals surface area contributed by atoms with Crippen molar-refractivity contribution in [1.82, 2.24) is 4.90 Å². The quantitative estimate of drug-likeness (QED) is 0.343. The van der Waals surface area contributed by atoms with E-state index in [1.54, 1.807) is 0 Å². The van der Waals surface area contributed by atoms with Crippen molar-refractivity contribution in [1.29, 1.82) is 0 Å². The molecule has 0 atom stereocenters. The summed E-state index contributed by atoms with van der Waals surface area (Å²) in [4.78, 5) is 7.65. The van der Waals surface area contributed by atoms with Gasteiger partial charge in [-0.15, -0.1) is 0 Å². The molecular weight excluding hydrogens is 418 g/mol. The molecule has 1 aliphatic heterocycles. The number of hydrogen-bond acceptors (Lipinski definition) is 5.